The Hall–Kier alpha value is -2.18. The van der Waals surface area contributed by atoms with E-state index in [9.17, 15) is 17.6 Å². The highest BCUT2D eigenvalue weighted by atomic mass is 19.1. The van der Waals surface area contributed by atoms with Crippen molar-refractivity contribution in [3.05, 3.63) is 59.7 Å². The monoisotopic (exact) mass is 270 g/mol. The van der Waals surface area contributed by atoms with Crippen molar-refractivity contribution in [1.82, 2.24) is 0 Å². The highest BCUT2D eigenvalue weighted by molar-refractivity contribution is 6.20. The van der Waals surface area contributed by atoms with Crippen molar-refractivity contribution in [2.75, 3.05) is 0 Å². The predicted octanol–water partition coefficient (Wildman–Crippen LogP) is 2.97. The molecule has 0 atom stereocenters. The quantitative estimate of drug-likeness (QED) is 0.628. The lowest BCUT2D eigenvalue weighted by atomic mass is 10.2. The first kappa shape index (κ1) is 13.3. The van der Waals surface area contributed by atoms with Gasteiger partial charge in [-0.3, -0.25) is 0 Å². The molecular weight excluding hydrogens is 263 g/mol. The zero-order valence-corrected chi connectivity index (χ0v) is 9.50. The van der Waals surface area contributed by atoms with E-state index in [4.69, 9.17) is 9.31 Å². The lowest BCUT2D eigenvalue weighted by Gasteiger charge is -2.08. The Morgan fingerprint density at radius 3 is 1.47 bits per heavy atom. The molecule has 19 heavy (non-hydrogen) atoms. The number of halogens is 4. The molecule has 2 nitrogen and oxygen atoms in total. The minimum absolute atomic E-state index is 0.232. The van der Waals surface area contributed by atoms with E-state index in [1.54, 1.807) is 0 Å². The molecule has 0 bridgehead atoms. The summed E-state index contributed by atoms with van der Waals surface area (Å²) in [6.07, 6.45) is 0. The van der Waals surface area contributed by atoms with E-state index in [-0.39, 0.29) is 11.5 Å². The summed E-state index contributed by atoms with van der Waals surface area (Å²) in [5.41, 5.74) is 0. The average molecular weight is 270 g/mol. The first-order chi connectivity index (χ1) is 9.06. The van der Waals surface area contributed by atoms with Gasteiger partial charge in [0.1, 0.15) is 23.1 Å². The fraction of sp³-hybridized carbons (Fsp3) is 0. The van der Waals surface area contributed by atoms with Gasteiger partial charge in [0.05, 0.1) is 0 Å². The summed E-state index contributed by atoms with van der Waals surface area (Å²) in [4.78, 5) is 0. The Morgan fingerprint density at radius 2 is 1.11 bits per heavy atom. The van der Waals surface area contributed by atoms with Crippen molar-refractivity contribution < 1.29 is 26.9 Å². The maximum absolute atomic E-state index is 13.2. The van der Waals surface area contributed by atoms with Gasteiger partial charge in [0.2, 0.25) is 0 Å². The van der Waals surface area contributed by atoms with Crippen molar-refractivity contribution in [3.8, 4) is 11.5 Å². The second-order valence-corrected chi connectivity index (χ2v) is 3.56. The van der Waals surface area contributed by atoms with Gasteiger partial charge >= 0.3 is 7.69 Å². The molecule has 0 spiro atoms. The van der Waals surface area contributed by atoms with Crippen LogP contribution in [0.4, 0.5) is 17.6 Å². The highest BCUT2D eigenvalue weighted by Gasteiger charge is 2.09. The van der Waals surface area contributed by atoms with E-state index in [2.05, 4.69) is 0 Å². The molecule has 2 rings (SSSR count). The molecule has 0 amide bonds. The maximum atomic E-state index is 13.2. The van der Waals surface area contributed by atoms with Crippen LogP contribution in [-0.4, -0.2) is 7.69 Å². The van der Waals surface area contributed by atoms with Gasteiger partial charge in [-0.05, 0) is 24.3 Å². The Kier molecular flexibility index (Phi) is 3.94. The molecule has 0 aliphatic heterocycles. The summed E-state index contributed by atoms with van der Waals surface area (Å²) in [5, 5.41) is 0. The van der Waals surface area contributed by atoms with Gasteiger partial charge in [-0.2, -0.15) is 0 Å². The molecule has 2 aromatic carbocycles. The van der Waals surface area contributed by atoms with Crippen LogP contribution in [0.25, 0.3) is 0 Å². The highest BCUT2D eigenvalue weighted by Crippen LogP contribution is 2.19. The number of benzene rings is 2. The van der Waals surface area contributed by atoms with E-state index in [0.29, 0.717) is 12.1 Å². The fourth-order valence-corrected chi connectivity index (χ4v) is 1.34. The summed E-state index contributed by atoms with van der Waals surface area (Å²) in [5.74, 6) is -3.75. The van der Waals surface area contributed by atoms with Gasteiger partial charge in [0, 0.05) is 12.1 Å². The van der Waals surface area contributed by atoms with E-state index in [0.717, 1.165) is 24.3 Å². The first-order valence-electron chi connectivity index (χ1n) is 5.22. The molecule has 7 heteroatoms. The molecule has 0 N–H and O–H groups in total. The average Bonchev–Trinajstić information content (AvgIpc) is 2.34. The zero-order valence-electron chi connectivity index (χ0n) is 9.50. The topological polar surface area (TPSA) is 18.5 Å². The van der Waals surface area contributed by atoms with E-state index in [1.165, 1.54) is 0 Å². The smallest absolute Gasteiger partial charge is 0.526 e. The van der Waals surface area contributed by atoms with E-state index >= 15 is 0 Å². The summed E-state index contributed by atoms with van der Waals surface area (Å²) in [6, 6.07) is 5.47. The summed E-state index contributed by atoms with van der Waals surface area (Å²) < 4.78 is 61.3. The minimum Gasteiger partial charge on any atom is -0.526 e. The summed E-state index contributed by atoms with van der Waals surface area (Å²) in [7, 11) is -0.495. The van der Waals surface area contributed by atoms with Gasteiger partial charge in [-0.1, -0.05) is 0 Å². The van der Waals surface area contributed by atoms with E-state index in [1.807, 2.05) is 0 Å². The molecular formula is C12H7BF4O2. The van der Waals surface area contributed by atoms with Crippen molar-refractivity contribution in [2.24, 2.45) is 0 Å². The van der Waals surface area contributed by atoms with Gasteiger partial charge in [-0.15, -0.1) is 0 Å². The third-order valence-corrected chi connectivity index (χ3v) is 2.22. The van der Waals surface area contributed by atoms with Crippen LogP contribution in [0.2, 0.25) is 0 Å². The van der Waals surface area contributed by atoms with Crippen LogP contribution in [0.15, 0.2) is 36.4 Å². The minimum atomic E-state index is -0.900. The number of hydrogen-bond acceptors (Lipinski definition) is 2. The van der Waals surface area contributed by atoms with Crippen molar-refractivity contribution in [3.63, 3.8) is 0 Å². The van der Waals surface area contributed by atoms with Crippen LogP contribution in [0.3, 0.4) is 0 Å². The number of hydrogen-bond donors (Lipinski definition) is 0. The normalized spacial score (nSPS) is 10.1. The second kappa shape index (κ2) is 5.64. The molecule has 0 fully saturated rings. The van der Waals surface area contributed by atoms with Crippen LogP contribution in [0.5, 0.6) is 11.5 Å². The molecule has 0 saturated carbocycles. The third kappa shape index (κ3) is 3.40. The van der Waals surface area contributed by atoms with Gasteiger partial charge in [-0.25, -0.2) is 17.6 Å². The van der Waals surface area contributed by atoms with Crippen LogP contribution in [0.1, 0.15) is 0 Å². The molecule has 0 heterocycles. The summed E-state index contributed by atoms with van der Waals surface area (Å²) >= 11 is 0. The van der Waals surface area contributed by atoms with E-state index < -0.39 is 31.0 Å². The second-order valence-electron chi connectivity index (χ2n) is 3.56. The Labute approximate surface area is 106 Å². The molecule has 0 aliphatic carbocycles. The van der Waals surface area contributed by atoms with Gasteiger partial charge in [0.15, 0.2) is 11.6 Å². The molecule has 0 aliphatic rings. The zero-order chi connectivity index (χ0) is 13.8. The van der Waals surface area contributed by atoms with Gasteiger partial charge < -0.3 is 9.31 Å². The fourth-order valence-electron chi connectivity index (χ4n) is 1.34. The lowest BCUT2D eigenvalue weighted by molar-refractivity contribution is 0.417. The molecule has 0 unspecified atom stereocenters. The Bertz CT molecular complexity index is 540. The SMILES string of the molecule is Fc1ccc(OBOc2ccc(F)cc2F)c(F)c1. The molecule has 0 aromatic heterocycles. The van der Waals surface area contributed by atoms with Gasteiger partial charge in [0.25, 0.3) is 0 Å². The van der Waals surface area contributed by atoms with Crippen molar-refractivity contribution >= 4 is 7.69 Å². The summed E-state index contributed by atoms with van der Waals surface area (Å²) in [6.45, 7) is 0. The predicted molar refractivity (Wildman–Crippen MR) is 61.1 cm³/mol. The molecule has 0 saturated heterocycles. The standard InChI is InChI=1S/C12H7BF4O2/c14-7-1-3-11(9(16)5-7)18-13-19-12-4-2-8(15)6-10(12)17/h1-6,13H. The molecule has 98 valence electrons. The van der Waals surface area contributed by atoms with Crippen LogP contribution >= 0.6 is 0 Å². The lowest BCUT2D eigenvalue weighted by Crippen LogP contribution is -2.12. The third-order valence-electron chi connectivity index (χ3n) is 2.22. The molecule has 0 radical (unpaired) electrons. The first-order valence-corrected chi connectivity index (χ1v) is 5.22. The Balaban J connectivity index is 1.96. The van der Waals surface area contributed by atoms with Crippen molar-refractivity contribution in [2.45, 2.75) is 0 Å². The Morgan fingerprint density at radius 1 is 0.684 bits per heavy atom. The van der Waals surface area contributed by atoms with Crippen LogP contribution in [-0.2, 0) is 0 Å². The number of rotatable bonds is 4. The molecule has 2 aromatic rings. The van der Waals surface area contributed by atoms with Crippen LogP contribution < -0.4 is 9.31 Å². The van der Waals surface area contributed by atoms with Crippen LogP contribution in [0, 0.1) is 23.3 Å². The van der Waals surface area contributed by atoms with Crippen molar-refractivity contribution in [1.29, 1.82) is 0 Å². The largest absolute Gasteiger partial charge is 0.576 e. The maximum Gasteiger partial charge on any atom is 0.576 e.